The fourth-order valence-electron chi connectivity index (χ4n) is 2.63. The first-order chi connectivity index (χ1) is 9.85. The summed E-state index contributed by atoms with van der Waals surface area (Å²) in [7, 11) is 3.63. The van der Waals surface area contributed by atoms with Crippen molar-refractivity contribution < 1.29 is 9.15 Å². The van der Waals surface area contributed by atoms with Gasteiger partial charge in [-0.1, -0.05) is 30.3 Å². The zero-order chi connectivity index (χ0) is 13.9. The first-order valence-corrected chi connectivity index (χ1v) is 6.61. The number of hydrogen-bond acceptors (Lipinski definition) is 3. The largest absolute Gasteiger partial charge is 0.496 e. The van der Waals surface area contributed by atoms with Crippen molar-refractivity contribution in [2.45, 2.75) is 6.04 Å². The lowest BCUT2D eigenvalue weighted by Gasteiger charge is -2.18. The number of nitrogens with one attached hydrogen (secondary N) is 1. The van der Waals surface area contributed by atoms with Crippen LogP contribution < -0.4 is 10.1 Å². The van der Waals surface area contributed by atoms with Crippen molar-refractivity contribution in [3.05, 3.63) is 66.1 Å². The summed E-state index contributed by atoms with van der Waals surface area (Å²) in [5, 5.41) is 5.60. The molecule has 0 saturated carbocycles. The van der Waals surface area contributed by atoms with E-state index in [2.05, 4.69) is 23.5 Å². The Morgan fingerprint density at radius 1 is 1.00 bits per heavy atom. The highest BCUT2D eigenvalue weighted by molar-refractivity contribution is 5.91. The number of benzene rings is 2. The minimum atomic E-state index is 0.0285. The first-order valence-electron chi connectivity index (χ1n) is 6.61. The molecular weight excluding hydrogens is 250 g/mol. The molecule has 0 aliphatic carbocycles. The quantitative estimate of drug-likeness (QED) is 0.781. The van der Waals surface area contributed by atoms with E-state index in [0.717, 1.165) is 16.9 Å². The van der Waals surface area contributed by atoms with E-state index in [1.165, 1.54) is 10.9 Å². The average Bonchev–Trinajstić information content (AvgIpc) is 3.02. The van der Waals surface area contributed by atoms with E-state index in [-0.39, 0.29) is 6.04 Å². The van der Waals surface area contributed by atoms with Gasteiger partial charge in [0.25, 0.3) is 0 Å². The van der Waals surface area contributed by atoms with Crippen LogP contribution in [-0.4, -0.2) is 14.2 Å². The van der Waals surface area contributed by atoms with E-state index in [4.69, 9.17) is 9.15 Å². The molecule has 0 aliphatic rings. The topological polar surface area (TPSA) is 34.4 Å². The molecule has 0 spiro atoms. The van der Waals surface area contributed by atoms with E-state index >= 15 is 0 Å². The fourth-order valence-corrected chi connectivity index (χ4v) is 2.63. The number of ether oxygens (including phenoxy) is 1. The van der Waals surface area contributed by atoms with Crippen molar-refractivity contribution in [2.75, 3.05) is 14.2 Å². The highest BCUT2D eigenvalue weighted by Gasteiger charge is 2.18. The van der Waals surface area contributed by atoms with Crippen LogP contribution in [0.5, 0.6) is 5.75 Å². The van der Waals surface area contributed by atoms with Crippen LogP contribution >= 0.6 is 0 Å². The molecule has 1 N–H and O–H groups in total. The predicted octanol–water partition coefficient (Wildman–Crippen LogP) is 3.75. The Hall–Kier alpha value is -2.26. The van der Waals surface area contributed by atoms with Gasteiger partial charge in [-0.2, -0.15) is 0 Å². The van der Waals surface area contributed by atoms with E-state index < -0.39 is 0 Å². The van der Waals surface area contributed by atoms with Crippen molar-refractivity contribution in [2.24, 2.45) is 0 Å². The molecule has 3 rings (SSSR count). The van der Waals surface area contributed by atoms with E-state index in [9.17, 15) is 0 Å². The van der Waals surface area contributed by atoms with Crippen LogP contribution in [0.2, 0.25) is 0 Å². The first kappa shape index (κ1) is 12.8. The van der Waals surface area contributed by atoms with Crippen molar-refractivity contribution >= 4 is 10.8 Å². The Balaban J connectivity index is 2.21. The second-order valence-electron chi connectivity index (χ2n) is 4.64. The van der Waals surface area contributed by atoms with Gasteiger partial charge >= 0.3 is 0 Å². The molecule has 1 aromatic heterocycles. The summed E-state index contributed by atoms with van der Waals surface area (Å²) >= 11 is 0. The molecule has 3 heteroatoms. The predicted molar refractivity (Wildman–Crippen MR) is 80.1 cm³/mol. The summed E-state index contributed by atoms with van der Waals surface area (Å²) < 4.78 is 11.0. The third kappa shape index (κ3) is 2.06. The van der Waals surface area contributed by atoms with Crippen LogP contribution in [0.25, 0.3) is 10.8 Å². The lowest BCUT2D eigenvalue weighted by Crippen LogP contribution is -2.17. The molecule has 0 saturated heterocycles. The molecule has 3 nitrogen and oxygen atoms in total. The Bertz CT molecular complexity index is 704. The van der Waals surface area contributed by atoms with Gasteiger partial charge in [0.2, 0.25) is 0 Å². The van der Waals surface area contributed by atoms with Gasteiger partial charge in [0, 0.05) is 5.39 Å². The minimum absolute atomic E-state index is 0.0285. The van der Waals surface area contributed by atoms with Crippen LogP contribution in [0.4, 0.5) is 0 Å². The maximum absolute atomic E-state index is 5.55. The Morgan fingerprint density at radius 2 is 1.80 bits per heavy atom. The third-order valence-electron chi connectivity index (χ3n) is 3.57. The van der Waals surface area contributed by atoms with Gasteiger partial charge in [-0.3, -0.25) is 0 Å². The Labute approximate surface area is 118 Å². The minimum Gasteiger partial charge on any atom is -0.496 e. The SMILES string of the molecule is CNC(c1ccco1)c1ccc(OC)c2ccccc12. The average molecular weight is 267 g/mol. The van der Waals surface area contributed by atoms with Crippen LogP contribution in [-0.2, 0) is 0 Å². The third-order valence-corrected chi connectivity index (χ3v) is 3.57. The zero-order valence-electron chi connectivity index (χ0n) is 11.6. The standard InChI is InChI=1S/C17H17NO2/c1-18-17(16-8-5-11-20-16)14-9-10-15(19-2)13-7-4-3-6-12(13)14/h3-11,17-18H,1-2H3. The summed E-state index contributed by atoms with van der Waals surface area (Å²) in [4.78, 5) is 0. The highest BCUT2D eigenvalue weighted by atomic mass is 16.5. The Kier molecular flexibility index (Phi) is 3.44. The summed E-state index contributed by atoms with van der Waals surface area (Å²) in [6, 6.07) is 16.3. The second-order valence-corrected chi connectivity index (χ2v) is 4.64. The lowest BCUT2D eigenvalue weighted by atomic mass is 9.96. The van der Waals surface area contributed by atoms with Gasteiger partial charge < -0.3 is 14.5 Å². The van der Waals surface area contributed by atoms with Crippen molar-refractivity contribution in [3.8, 4) is 5.75 Å². The summed E-state index contributed by atoms with van der Waals surface area (Å²) in [5.74, 6) is 1.79. The molecule has 0 radical (unpaired) electrons. The summed E-state index contributed by atoms with van der Waals surface area (Å²) in [6.45, 7) is 0. The second kappa shape index (κ2) is 5.39. The van der Waals surface area contributed by atoms with Gasteiger partial charge in [-0.15, -0.1) is 0 Å². The molecule has 0 amide bonds. The molecule has 102 valence electrons. The molecular formula is C17H17NO2. The zero-order valence-corrected chi connectivity index (χ0v) is 11.6. The van der Waals surface area contributed by atoms with E-state index in [0.29, 0.717) is 0 Å². The van der Waals surface area contributed by atoms with E-state index in [1.807, 2.05) is 37.4 Å². The van der Waals surface area contributed by atoms with Crippen molar-refractivity contribution in [1.29, 1.82) is 0 Å². The van der Waals surface area contributed by atoms with Gasteiger partial charge in [-0.25, -0.2) is 0 Å². The molecule has 1 unspecified atom stereocenters. The lowest BCUT2D eigenvalue weighted by molar-refractivity contribution is 0.419. The van der Waals surface area contributed by atoms with Crippen LogP contribution in [0, 0.1) is 0 Å². The number of methoxy groups -OCH3 is 1. The van der Waals surface area contributed by atoms with Gasteiger partial charge in [0.05, 0.1) is 19.4 Å². The summed E-state index contributed by atoms with van der Waals surface area (Å²) in [5.41, 5.74) is 1.18. The normalized spacial score (nSPS) is 12.5. The number of furan rings is 1. The smallest absolute Gasteiger partial charge is 0.126 e. The Morgan fingerprint density at radius 3 is 2.45 bits per heavy atom. The molecule has 0 bridgehead atoms. The molecule has 1 atom stereocenters. The molecule has 3 aromatic rings. The van der Waals surface area contributed by atoms with Crippen LogP contribution in [0.3, 0.4) is 0 Å². The maximum Gasteiger partial charge on any atom is 0.126 e. The van der Waals surface area contributed by atoms with Gasteiger partial charge in [0.1, 0.15) is 11.5 Å². The fraction of sp³-hybridized carbons (Fsp3) is 0.176. The number of fused-ring (bicyclic) bond motifs is 1. The molecule has 0 aliphatic heterocycles. The van der Waals surface area contributed by atoms with Crippen molar-refractivity contribution in [1.82, 2.24) is 5.32 Å². The monoisotopic (exact) mass is 267 g/mol. The molecule has 1 heterocycles. The number of rotatable bonds is 4. The molecule has 2 aromatic carbocycles. The number of hydrogen-bond donors (Lipinski definition) is 1. The maximum atomic E-state index is 5.55. The summed E-state index contributed by atoms with van der Waals surface area (Å²) in [6.07, 6.45) is 1.70. The molecule has 0 fully saturated rings. The molecule has 20 heavy (non-hydrogen) atoms. The van der Waals surface area contributed by atoms with Gasteiger partial charge in [-0.05, 0) is 36.2 Å². The van der Waals surface area contributed by atoms with Crippen LogP contribution in [0.1, 0.15) is 17.4 Å². The highest BCUT2D eigenvalue weighted by Crippen LogP contribution is 2.33. The van der Waals surface area contributed by atoms with Crippen LogP contribution in [0.15, 0.2) is 59.2 Å². The van der Waals surface area contributed by atoms with Gasteiger partial charge in [0.15, 0.2) is 0 Å². The van der Waals surface area contributed by atoms with E-state index in [1.54, 1.807) is 13.4 Å². The van der Waals surface area contributed by atoms with Crippen molar-refractivity contribution in [3.63, 3.8) is 0 Å².